The summed E-state index contributed by atoms with van der Waals surface area (Å²) in [6.45, 7) is 0.830. The van der Waals surface area contributed by atoms with E-state index in [0.717, 1.165) is 41.0 Å². The smallest absolute Gasteiger partial charge is 0.145 e. The summed E-state index contributed by atoms with van der Waals surface area (Å²) in [5.74, 6) is 4.03. The molecule has 3 nitrogen and oxygen atoms in total. The summed E-state index contributed by atoms with van der Waals surface area (Å²) in [6.07, 6.45) is 5.62. The van der Waals surface area contributed by atoms with Gasteiger partial charge in [0.1, 0.15) is 17.1 Å². The molecule has 0 aliphatic heterocycles. The molecule has 3 atom stereocenters. The molecular formula is C17H20N2O. The Bertz CT molecular complexity index is 640. The van der Waals surface area contributed by atoms with Crippen LogP contribution in [0.3, 0.4) is 0 Å². The lowest BCUT2D eigenvalue weighted by molar-refractivity contribution is 0.196. The van der Waals surface area contributed by atoms with E-state index < -0.39 is 0 Å². The molecule has 0 radical (unpaired) electrons. The highest BCUT2D eigenvalue weighted by Gasteiger charge is 2.39. The van der Waals surface area contributed by atoms with E-state index >= 15 is 0 Å². The third kappa shape index (κ3) is 2.01. The van der Waals surface area contributed by atoms with E-state index in [1.165, 1.54) is 25.7 Å². The zero-order chi connectivity index (χ0) is 13.5. The molecule has 0 spiro atoms. The number of fused-ring (bicyclic) bond motifs is 3. The minimum Gasteiger partial charge on any atom is -0.491 e. The van der Waals surface area contributed by atoms with E-state index in [2.05, 4.69) is 4.98 Å². The monoisotopic (exact) mass is 268 g/mol. The second-order valence-corrected chi connectivity index (χ2v) is 6.31. The molecular weight excluding hydrogens is 248 g/mol. The molecule has 2 saturated carbocycles. The largest absolute Gasteiger partial charge is 0.491 e. The fraction of sp³-hybridized carbons (Fsp3) is 0.471. The topological polar surface area (TPSA) is 48.1 Å². The molecule has 2 N–H and O–H groups in total. The van der Waals surface area contributed by atoms with E-state index in [0.29, 0.717) is 5.82 Å². The third-order valence-electron chi connectivity index (χ3n) is 5.04. The van der Waals surface area contributed by atoms with Crippen molar-refractivity contribution >= 4 is 16.7 Å². The molecule has 0 amide bonds. The average Bonchev–Trinajstić information content (AvgIpc) is 3.07. The van der Waals surface area contributed by atoms with E-state index in [9.17, 15) is 0 Å². The van der Waals surface area contributed by atoms with Gasteiger partial charge < -0.3 is 10.5 Å². The van der Waals surface area contributed by atoms with Gasteiger partial charge in [0.2, 0.25) is 0 Å². The number of hydrogen-bond donors (Lipinski definition) is 1. The summed E-state index contributed by atoms with van der Waals surface area (Å²) >= 11 is 0. The second-order valence-electron chi connectivity index (χ2n) is 6.31. The van der Waals surface area contributed by atoms with E-state index in [1.807, 2.05) is 30.3 Å². The third-order valence-corrected chi connectivity index (χ3v) is 5.04. The quantitative estimate of drug-likeness (QED) is 0.924. The molecule has 3 heteroatoms. The molecule has 2 unspecified atom stereocenters. The second kappa shape index (κ2) is 4.65. The number of para-hydroxylation sites is 1. The highest BCUT2D eigenvalue weighted by Crippen LogP contribution is 2.48. The Kier molecular flexibility index (Phi) is 2.79. The van der Waals surface area contributed by atoms with E-state index in [1.54, 1.807) is 0 Å². The lowest BCUT2D eigenvalue weighted by Crippen LogP contribution is -2.18. The van der Waals surface area contributed by atoms with Crippen LogP contribution in [0.4, 0.5) is 5.82 Å². The van der Waals surface area contributed by atoms with Crippen molar-refractivity contribution in [3.05, 3.63) is 30.3 Å². The van der Waals surface area contributed by atoms with Gasteiger partial charge in [-0.2, -0.15) is 0 Å². The number of benzene rings is 1. The van der Waals surface area contributed by atoms with Crippen molar-refractivity contribution in [2.24, 2.45) is 17.8 Å². The Morgan fingerprint density at radius 1 is 1.15 bits per heavy atom. The lowest BCUT2D eigenvalue weighted by atomic mass is 9.89. The van der Waals surface area contributed by atoms with Crippen molar-refractivity contribution in [2.45, 2.75) is 25.7 Å². The molecule has 1 aromatic heterocycles. The molecule has 0 saturated heterocycles. The first-order chi connectivity index (χ1) is 9.79. The zero-order valence-electron chi connectivity index (χ0n) is 11.6. The molecule has 2 aliphatic carbocycles. The Balaban J connectivity index is 1.55. The number of ether oxygens (including phenoxy) is 1. The molecule has 2 bridgehead atoms. The molecule has 4 rings (SSSR count). The SMILES string of the molecule is Nc1ccc2cccc(OCC3C[C@@H]4CCC3C4)c2n1. The maximum absolute atomic E-state index is 6.09. The van der Waals surface area contributed by atoms with Crippen LogP contribution < -0.4 is 10.5 Å². The number of pyridine rings is 1. The van der Waals surface area contributed by atoms with Crippen LogP contribution in [0.5, 0.6) is 5.75 Å². The Hall–Kier alpha value is -1.77. The zero-order valence-corrected chi connectivity index (χ0v) is 11.6. The van der Waals surface area contributed by atoms with Gasteiger partial charge in [0.05, 0.1) is 6.61 Å². The van der Waals surface area contributed by atoms with Gasteiger partial charge in [-0.3, -0.25) is 0 Å². The van der Waals surface area contributed by atoms with E-state index in [4.69, 9.17) is 10.5 Å². The first-order valence-corrected chi connectivity index (χ1v) is 7.57. The number of hydrogen-bond acceptors (Lipinski definition) is 3. The van der Waals surface area contributed by atoms with Gasteiger partial charge in [-0.1, -0.05) is 18.6 Å². The lowest BCUT2D eigenvalue weighted by Gasteiger charge is -2.22. The summed E-state index contributed by atoms with van der Waals surface area (Å²) < 4.78 is 6.09. The Morgan fingerprint density at radius 2 is 2.10 bits per heavy atom. The summed E-state index contributed by atoms with van der Waals surface area (Å²) in [7, 11) is 0. The predicted octanol–water partition coefficient (Wildman–Crippen LogP) is 3.63. The molecule has 2 aliphatic rings. The van der Waals surface area contributed by atoms with Crippen LogP contribution in [0.2, 0.25) is 0 Å². The van der Waals surface area contributed by atoms with Gasteiger partial charge in [0.25, 0.3) is 0 Å². The number of nitrogens with zero attached hydrogens (tertiary/aromatic N) is 1. The molecule has 20 heavy (non-hydrogen) atoms. The van der Waals surface area contributed by atoms with Gasteiger partial charge in [-0.25, -0.2) is 4.98 Å². The van der Waals surface area contributed by atoms with Crippen molar-refractivity contribution in [1.82, 2.24) is 4.98 Å². The van der Waals surface area contributed by atoms with Crippen molar-refractivity contribution in [1.29, 1.82) is 0 Å². The normalized spacial score (nSPS) is 28.1. The summed E-state index contributed by atoms with van der Waals surface area (Å²) in [6, 6.07) is 9.91. The van der Waals surface area contributed by atoms with Crippen LogP contribution in [-0.4, -0.2) is 11.6 Å². The minimum atomic E-state index is 0.550. The summed E-state index contributed by atoms with van der Waals surface area (Å²) in [4.78, 5) is 4.42. The Labute approximate surface area is 119 Å². The van der Waals surface area contributed by atoms with E-state index in [-0.39, 0.29) is 0 Å². The first kappa shape index (κ1) is 12.0. The number of nitrogen functional groups attached to an aromatic ring is 1. The fourth-order valence-corrected chi connectivity index (χ4v) is 4.03. The van der Waals surface area contributed by atoms with Crippen LogP contribution in [0.15, 0.2) is 30.3 Å². The number of nitrogens with two attached hydrogens (primary N) is 1. The van der Waals surface area contributed by atoms with Gasteiger partial charge in [-0.05, 0) is 55.2 Å². The van der Waals surface area contributed by atoms with Crippen molar-refractivity contribution < 1.29 is 4.74 Å². The summed E-state index contributed by atoms with van der Waals surface area (Å²) in [5.41, 5.74) is 6.68. The highest BCUT2D eigenvalue weighted by molar-refractivity contribution is 5.85. The molecule has 2 aromatic rings. The van der Waals surface area contributed by atoms with Gasteiger partial charge in [0.15, 0.2) is 0 Å². The van der Waals surface area contributed by atoms with Crippen LogP contribution in [-0.2, 0) is 0 Å². The van der Waals surface area contributed by atoms with Crippen LogP contribution in [0.1, 0.15) is 25.7 Å². The molecule has 1 aromatic carbocycles. The molecule has 2 fully saturated rings. The van der Waals surface area contributed by atoms with Crippen molar-refractivity contribution in [3.8, 4) is 5.75 Å². The van der Waals surface area contributed by atoms with Crippen molar-refractivity contribution in [2.75, 3.05) is 12.3 Å². The minimum absolute atomic E-state index is 0.550. The maximum atomic E-state index is 6.09. The molecule has 1 heterocycles. The first-order valence-electron chi connectivity index (χ1n) is 7.57. The predicted molar refractivity (Wildman–Crippen MR) is 80.6 cm³/mol. The molecule has 104 valence electrons. The fourth-order valence-electron chi connectivity index (χ4n) is 4.03. The number of anilines is 1. The number of rotatable bonds is 3. The highest BCUT2D eigenvalue weighted by atomic mass is 16.5. The maximum Gasteiger partial charge on any atom is 0.145 e. The summed E-state index contributed by atoms with van der Waals surface area (Å²) in [5, 5.41) is 1.09. The van der Waals surface area contributed by atoms with Gasteiger partial charge >= 0.3 is 0 Å². The van der Waals surface area contributed by atoms with Crippen LogP contribution in [0, 0.1) is 17.8 Å². The van der Waals surface area contributed by atoms with Gasteiger partial charge in [0, 0.05) is 5.39 Å². The Morgan fingerprint density at radius 3 is 2.90 bits per heavy atom. The van der Waals surface area contributed by atoms with Crippen LogP contribution in [0.25, 0.3) is 10.9 Å². The standard InChI is InChI=1S/C17H20N2O/c18-16-7-6-12-2-1-3-15(17(12)19-16)20-10-14-9-11-4-5-13(14)8-11/h1-3,6-7,11,13-14H,4-5,8-10H2,(H2,18,19)/t11-,13?,14?/m1/s1. The number of aromatic nitrogens is 1. The van der Waals surface area contributed by atoms with Crippen molar-refractivity contribution in [3.63, 3.8) is 0 Å². The average molecular weight is 268 g/mol. The van der Waals surface area contributed by atoms with Gasteiger partial charge in [-0.15, -0.1) is 0 Å². The van der Waals surface area contributed by atoms with Crippen LogP contribution >= 0.6 is 0 Å².